The van der Waals surface area contributed by atoms with Crippen molar-refractivity contribution >= 4 is 11.8 Å². The van der Waals surface area contributed by atoms with E-state index in [1.165, 1.54) is 0 Å². The molecule has 0 nitrogen and oxygen atoms in total. The van der Waals surface area contributed by atoms with Gasteiger partial charge in [-0.1, -0.05) is 6.92 Å². The Hall–Kier alpha value is 0.140. The van der Waals surface area contributed by atoms with E-state index in [2.05, 4.69) is 6.92 Å². The number of rotatable bonds is 3. The summed E-state index contributed by atoms with van der Waals surface area (Å²) < 4.78 is 34.0. The van der Waals surface area contributed by atoms with Crippen LogP contribution in [0.3, 0.4) is 0 Å². The van der Waals surface area contributed by atoms with Gasteiger partial charge in [0.05, 0.1) is 5.75 Å². The van der Waals surface area contributed by atoms with E-state index >= 15 is 0 Å². The SMILES string of the molecule is [CH2]CCSCC(F)(F)F. The number of halogens is 3. The molecule has 0 rings (SSSR count). The highest BCUT2D eigenvalue weighted by atomic mass is 32.2. The molecule has 0 aromatic carbocycles. The lowest BCUT2D eigenvalue weighted by Crippen LogP contribution is -2.10. The normalized spacial score (nSPS) is 12.0. The van der Waals surface area contributed by atoms with Gasteiger partial charge in [-0.05, 0) is 12.2 Å². The van der Waals surface area contributed by atoms with Crippen molar-refractivity contribution in [3.05, 3.63) is 6.92 Å². The van der Waals surface area contributed by atoms with Crippen molar-refractivity contribution in [1.29, 1.82) is 0 Å². The highest BCUT2D eigenvalue weighted by molar-refractivity contribution is 7.99. The summed E-state index contributed by atoms with van der Waals surface area (Å²) in [5.41, 5.74) is 0. The van der Waals surface area contributed by atoms with Gasteiger partial charge in [0.25, 0.3) is 0 Å². The fourth-order valence-electron chi connectivity index (χ4n) is 0.290. The molecule has 9 heavy (non-hydrogen) atoms. The van der Waals surface area contributed by atoms with Crippen LogP contribution in [0.1, 0.15) is 6.42 Å². The third kappa shape index (κ3) is 8.14. The lowest BCUT2D eigenvalue weighted by molar-refractivity contribution is -0.105. The van der Waals surface area contributed by atoms with Gasteiger partial charge >= 0.3 is 6.18 Å². The second-order valence-corrected chi connectivity index (χ2v) is 2.63. The number of hydrogen-bond donors (Lipinski definition) is 0. The van der Waals surface area contributed by atoms with Crippen molar-refractivity contribution in [2.45, 2.75) is 12.6 Å². The molecule has 0 saturated carbocycles. The molecule has 0 aromatic heterocycles. The van der Waals surface area contributed by atoms with Crippen LogP contribution in [0, 0.1) is 6.92 Å². The topological polar surface area (TPSA) is 0 Å². The predicted octanol–water partition coefficient (Wildman–Crippen LogP) is 2.51. The molecule has 0 spiro atoms. The van der Waals surface area contributed by atoms with Gasteiger partial charge in [0, 0.05) is 0 Å². The van der Waals surface area contributed by atoms with Crippen LogP contribution in [0.25, 0.3) is 0 Å². The van der Waals surface area contributed by atoms with Crippen molar-refractivity contribution < 1.29 is 13.2 Å². The Balaban J connectivity index is 3.07. The van der Waals surface area contributed by atoms with Gasteiger partial charge in [-0.2, -0.15) is 24.9 Å². The first kappa shape index (κ1) is 9.14. The number of alkyl halides is 3. The lowest BCUT2D eigenvalue weighted by Gasteiger charge is -2.03. The van der Waals surface area contributed by atoms with Gasteiger partial charge in [-0.15, -0.1) is 0 Å². The molecule has 0 aliphatic rings. The summed E-state index contributed by atoms with van der Waals surface area (Å²) in [6, 6.07) is 0. The van der Waals surface area contributed by atoms with E-state index in [-0.39, 0.29) is 0 Å². The van der Waals surface area contributed by atoms with E-state index in [9.17, 15) is 13.2 Å². The standard InChI is InChI=1S/C5H8F3S/c1-2-3-9-4-5(6,7)8/h1-4H2. The first-order chi connectivity index (χ1) is 4.06. The Morgan fingerprint density at radius 2 is 1.89 bits per heavy atom. The van der Waals surface area contributed by atoms with Crippen LogP contribution in [-0.4, -0.2) is 17.7 Å². The fourth-order valence-corrected chi connectivity index (χ4v) is 0.870. The average molecular weight is 157 g/mol. The summed E-state index contributed by atoms with van der Waals surface area (Å²) in [6.07, 6.45) is -3.46. The molecule has 0 amide bonds. The summed E-state index contributed by atoms with van der Waals surface area (Å²) in [7, 11) is 0. The minimum Gasteiger partial charge on any atom is -0.170 e. The van der Waals surface area contributed by atoms with Gasteiger partial charge in [0.1, 0.15) is 0 Å². The highest BCUT2D eigenvalue weighted by Gasteiger charge is 2.26. The second-order valence-electron chi connectivity index (χ2n) is 1.52. The van der Waals surface area contributed by atoms with Gasteiger partial charge in [0.15, 0.2) is 0 Å². The van der Waals surface area contributed by atoms with Crippen LogP contribution in [0.15, 0.2) is 0 Å². The first-order valence-corrected chi connectivity index (χ1v) is 3.65. The first-order valence-electron chi connectivity index (χ1n) is 2.50. The summed E-state index contributed by atoms with van der Waals surface area (Å²) in [4.78, 5) is 0. The Morgan fingerprint density at radius 1 is 1.33 bits per heavy atom. The summed E-state index contributed by atoms with van der Waals surface area (Å²) >= 11 is 0.873. The molecule has 1 radical (unpaired) electrons. The molecule has 0 aliphatic carbocycles. The molecule has 0 atom stereocenters. The van der Waals surface area contributed by atoms with Crippen LogP contribution in [-0.2, 0) is 0 Å². The van der Waals surface area contributed by atoms with Crippen LogP contribution < -0.4 is 0 Å². The van der Waals surface area contributed by atoms with E-state index in [4.69, 9.17) is 0 Å². The molecule has 0 aliphatic heterocycles. The van der Waals surface area contributed by atoms with Gasteiger partial charge in [-0.25, -0.2) is 0 Å². The van der Waals surface area contributed by atoms with Crippen molar-refractivity contribution in [3.63, 3.8) is 0 Å². The lowest BCUT2D eigenvalue weighted by atomic mass is 10.6. The quantitative estimate of drug-likeness (QED) is 0.567. The van der Waals surface area contributed by atoms with Gasteiger partial charge in [-0.3, -0.25) is 0 Å². The maximum atomic E-state index is 11.3. The van der Waals surface area contributed by atoms with E-state index < -0.39 is 11.9 Å². The van der Waals surface area contributed by atoms with Crippen molar-refractivity contribution in [3.8, 4) is 0 Å². The monoisotopic (exact) mass is 157 g/mol. The van der Waals surface area contributed by atoms with Crippen LogP contribution in [0.2, 0.25) is 0 Å². The molecule has 0 bridgehead atoms. The molecule has 0 fully saturated rings. The minimum atomic E-state index is -4.01. The molecule has 0 unspecified atom stereocenters. The Labute approximate surface area is 56.8 Å². The van der Waals surface area contributed by atoms with Crippen LogP contribution in [0.4, 0.5) is 13.2 Å². The van der Waals surface area contributed by atoms with E-state index in [0.717, 1.165) is 11.8 Å². The molecular weight excluding hydrogens is 149 g/mol. The average Bonchev–Trinajstić information content (AvgIpc) is 1.63. The molecule has 0 N–H and O–H groups in total. The van der Waals surface area contributed by atoms with E-state index in [1.807, 2.05) is 0 Å². The van der Waals surface area contributed by atoms with Crippen LogP contribution >= 0.6 is 11.8 Å². The molecule has 0 heterocycles. The molecule has 4 heteroatoms. The van der Waals surface area contributed by atoms with E-state index in [0.29, 0.717) is 12.2 Å². The highest BCUT2D eigenvalue weighted by Crippen LogP contribution is 2.20. The maximum Gasteiger partial charge on any atom is 0.397 e. The molecular formula is C5H8F3S. The van der Waals surface area contributed by atoms with Gasteiger partial charge in [0.2, 0.25) is 0 Å². The summed E-state index contributed by atoms with van der Waals surface area (Å²) in [5.74, 6) is -0.262. The second kappa shape index (κ2) is 4.04. The molecule has 55 valence electrons. The largest absolute Gasteiger partial charge is 0.397 e. The number of thioether (sulfide) groups is 1. The molecule has 0 aromatic rings. The zero-order valence-electron chi connectivity index (χ0n) is 4.87. The van der Waals surface area contributed by atoms with E-state index in [1.54, 1.807) is 0 Å². The Bertz CT molecular complexity index is 69.1. The fraction of sp³-hybridized carbons (Fsp3) is 0.800. The third-order valence-corrected chi connectivity index (χ3v) is 1.66. The summed E-state index contributed by atoms with van der Waals surface area (Å²) in [6.45, 7) is 3.42. The Kier molecular flexibility index (Phi) is 4.10. The van der Waals surface area contributed by atoms with Crippen molar-refractivity contribution in [2.75, 3.05) is 11.5 Å². The maximum absolute atomic E-state index is 11.3. The van der Waals surface area contributed by atoms with Crippen LogP contribution in [0.5, 0.6) is 0 Å². The smallest absolute Gasteiger partial charge is 0.170 e. The summed E-state index contributed by atoms with van der Waals surface area (Å²) in [5, 5.41) is 0. The van der Waals surface area contributed by atoms with Crippen molar-refractivity contribution in [1.82, 2.24) is 0 Å². The minimum absolute atomic E-state index is 0.486. The predicted molar refractivity (Wildman–Crippen MR) is 33.4 cm³/mol. The van der Waals surface area contributed by atoms with Gasteiger partial charge < -0.3 is 0 Å². The zero-order valence-corrected chi connectivity index (χ0v) is 5.69. The third-order valence-electron chi connectivity index (χ3n) is 0.554. The molecule has 0 saturated heterocycles. The zero-order chi connectivity index (χ0) is 7.33. The van der Waals surface area contributed by atoms with Crippen molar-refractivity contribution in [2.24, 2.45) is 0 Å². The Morgan fingerprint density at radius 3 is 2.22 bits per heavy atom. The number of hydrogen-bond acceptors (Lipinski definition) is 1.